The van der Waals surface area contributed by atoms with Crippen molar-refractivity contribution >= 4 is 11.8 Å². The van der Waals surface area contributed by atoms with Gasteiger partial charge in [0.2, 0.25) is 6.79 Å². The van der Waals surface area contributed by atoms with Gasteiger partial charge < -0.3 is 24.3 Å². The number of nitrogens with one attached hydrogen (secondary N) is 1. The van der Waals surface area contributed by atoms with Gasteiger partial charge >= 0.3 is 5.97 Å². The third-order valence-corrected chi connectivity index (χ3v) is 7.83. The Morgan fingerprint density at radius 3 is 2.48 bits per heavy atom. The summed E-state index contributed by atoms with van der Waals surface area (Å²) in [5, 5.41) is 3.42. The molecule has 204 valence electrons. The average molecular weight is 538 g/mol. The first-order chi connectivity index (χ1) is 19.5. The molecule has 0 saturated carbocycles. The summed E-state index contributed by atoms with van der Waals surface area (Å²) in [6.45, 7) is 2.26. The molecule has 0 aromatic heterocycles. The molecule has 2 heterocycles. The van der Waals surface area contributed by atoms with Crippen LogP contribution >= 0.6 is 0 Å². The zero-order valence-electron chi connectivity index (χ0n) is 22.6. The smallest absolute Gasteiger partial charge is 0.336 e. The molecule has 7 heteroatoms. The Bertz CT molecular complexity index is 1510. The highest BCUT2D eigenvalue weighted by Crippen LogP contribution is 2.47. The van der Waals surface area contributed by atoms with Crippen molar-refractivity contribution in [2.75, 3.05) is 20.5 Å². The monoisotopic (exact) mass is 537 g/mol. The van der Waals surface area contributed by atoms with E-state index in [4.69, 9.17) is 18.9 Å². The number of benzene rings is 3. The normalized spacial score (nSPS) is 19.7. The summed E-state index contributed by atoms with van der Waals surface area (Å²) >= 11 is 0. The van der Waals surface area contributed by atoms with Crippen molar-refractivity contribution in [2.24, 2.45) is 0 Å². The summed E-state index contributed by atoms with van der Waals surface area (Å²) in [4.78, 5) is 27.5. The Morgan fingerprint density at radius 1 is 0.950 bits per heavy atom. The van der Waals surface area contributed by atoms with Crippen LogP contribution in [-0.4, -0.2) is 32.3 Å². The van der Waals surface area contributed by atoms with Gasteiger partial charge in [-0.25, -0.2) is 4.79 Å². The predicted octanol–water partition coefficient (Wildman–Crippen LogP) is 5.57. The van der Waals surface area contributed by atoms with E-state index in [1.54, 1.807) is 7.11 Å². The molecule has 3 aromatic rings. The van der Waals surface area contributed by atoms with E-state index >= 15 is 0 Å². The van der Waals surface area contributed by atoms with Gasteiger partial charge in [0, 0.05) is 35.7 Å². The molecule has 0 unspecified atom stereocenters. The number of ketones is 1. The highest BCUT2D eigenvalue weighted by atomic mass is 16.7. The van der Waals surface area contributed by atoms with Crippen LogP contribution in [0.5, 0.6) is 17.2 Å². The van der Waals surface area contributed by atoms with Crippen LogP contribution in [0.1, 0.15) is 48.3 Å². The van der Waals surface area contributed by atoms with E-state index in [-0.39, 0.29) is 25.1 Å². The number of fused-ring (bicyclic) bond motifs is 1. The van der Waals surface area contributed by atoms with Crippen LogP contribution in [0.25, 0.3) is 0 Å². The fraction of sp³-hybridized carbons (Fsp3) is 0.273. The highest BCUT2D eigenvalue weighted by Gasteiger charge is 2.42. The lowest BCUT2D eigenvalue weighted by atomic mass is 9.71. The fourth-order valence-electron chi connectivity index (χ4n) is 5.83. The number of methoxy groups -OCH3 is 1. The number of carbonyl (C=O) groups is 2. The molecule has 3 aromatic carbocycles. The molecule has 2 atom stereocenters. The van der Waals surface area contributed by atoms with E-state index in [2.05, 4.69) is 5.32 Å². The fourth-order valence-corrected chi connectivity index (χ4v) is 5.83. The minimum atomic E-state index is -0.570. The largest absolute Gasteiger partial charge is 0.497 e. The van der Waals surface area contributed by atoms with Crippen LogP contribution in [0, 0.1) is 0 Å². The molecule has 0 saturated heterocycles. The van der Waals surface area contributed by atoms with E-state index in [0.717, 1.165) is 28.1 Å². The first-order valence-electron chi connectivity index (χ1n) is 13.5. The molecule has 7 nitrogen and oxygen atoms in total. The average Bonchev–Trinajstić information content (AvgIpc) is 3.45. The Kier molecular flexibility index (Phi) is 7.03. The maximum atomic E-state index is 13.9. The number of rotatable bonds is 7. The summed E-state index contributed by atoms with van der Waals surface area (Å²) in [5.74, 6) is 1.06. The number of allylic oxidation sites excluding steroid dienone is 3. The van der Waals surface area contributed by atoms with Gasteiger partial charge in [-0.2, -0.15) is 0 Å². The van der Waals surface area contributed by atoms with Gasteiger partial charge in [0.05, 0.1) is 19.3 Å². The van der Waals surface area contributed by atoms with E-state index in [0.29, 0.717) is 47.6 Å². The van der Waals surface area contributed by atoms with Crippen LogP contribution in [-0.2, 0) is 20.7 Å². The lowest BCUT2D eigenvalue weighted by Gasteiger charge is -2.36. The molecule has 0 fully saturated rings. The lowest BCUT2D eigenvalue weighted by Crippen LogP contribution is -2.36. The van der Waals surface area contributed by atoms with Gasteiger partial charge in [0.15, 0.2) is 17.3 Å². The second-order valence-electron chi connectivity index (χ2n) is 10.3. The molecule has 3 aliphatic rings. The Balaban J connectivity index is 1.33. The second-order valence-corrected chi connectivity index (χ2v) is 10.3. The van der Waals surface area contributed by atoms with Crippen molar-refractivity contribution < 1.29 is 28.5 Å². The Morgan fingerprint density at radius 2 is 1.70 bits per heavy atom. The summed E-state index contributed by atoms with van der Waals surface area (Å²) in [6.07, 6.45) is 1.61. The van der Waals surface area contributed by atoms with Crippen LogP contribution in [0.4, 0.5) is 0 Å². The molecule has 0 spiro atoms. The minimum absolute atomic E-state index is 0.0133. The Hall–Kier alpha value is -4.52. The molecule has 0 amide bonds. The maximum Gasteiger partial charge on any atom is 0.336 e. The van der Waals surface area contributed by atoms with Crippen LogP contribution in [0.15, 0.2) is 95.3 Å². The van der Waals surface area contributed by atoms with Crippen molar-refractivity contribution in [3.05, 3.63) is 112 Å². The highest BCUT2D eigenvalue weighted by molar-refractivity contribution is 6.04. The number of ether oxygens (including phenoxy) is 4. The van der Waals surface area contributed by atoms with E-state index in [1.165, 1.54) is 0 Å². The Labute approximate surface area is 233 Å². The van der Waals surface area contributed by atoms with E-state index in [1.807, 2.05) is 79.7 Å². The minimum Gasteiger partial charge on any atom is -0.497 e. The summed E-state index contributed by atoms with van der Waals surface area (Å²) in [5.41, 5.74) is 5.56. The standard InChI is InChI=1S/C33H31NO6/c1-20-30(33(36)38-15-14-21-6-4-3-5-7-21)31(23-10-13-28-29(18-23)40-19-39-28)32-26(34-20)16-24(17-27(32)35)22-8-11-25(37-2)12-9-22/h3-13,18,24,31,34H,14-17,19H2,1-2H3/t24-,31+/m1/s1. The zero-order chi connectivity index (χ0) is 27.6. The molecular weight excluding hydrogens is 506 g/mol. The zero-order valence-corrected chi connectivity index (χ0v) is 22.6. The molecule has 1 aliphatic carbocycles. The first kappa shape index (κ1) is 25.7. The molecule has 2 aliphatic heterocycles. The number of dihydropyridines is 1. The topological polar surface area (TPSA) is 83.1 Å². The van der Waals surface area contributed by atoms with Gasteiger partial charge in [-0.15, -0.1) is 0 Å². The molecular formula is C33H31NO6. The van der Waals surface area contributed by atoms with Crippen molar-refractivity contribution in [3.8, 4) is 17.2 Å². The van der Waals surface area contributed by atoms with Crippen LogP contribution < -0.4 is 19.5 Å². The molecule has 0 bridgehead atoms. The van der Waals surface area contributed by atoms with Gasteiger partial charge in [-0.1, -0.05) is 48.5 Å². The number of hydrogen-bond acceptors (Lipinski definition) is 7. The van der Waals surface area contributed by atoms with Gasteiger partial charge in [0.25, 0.3) is 0 Å². The third kappa shape index (κ3) is 4.95. The maximum absolute atomic E-state index is 13.9. The molecule has 40 heavy (non-hydrogen) atoms. The van der Waals surface area contributed by atoms with Crippen LogP contribution in [0.3, 0.4) is 0 Å². The molecule has 1 N–H and O–H groups in total. The molecule has 0 radical (unpaired) electrons. The summed E-state index contributed by atoms with van der Waals surface area (Å²) in [6, 6.07) is 23.4. The molecule has 6 rings (SSSR count). The SMILES string of the molecule is COc1ccc([C@H]2CC(=O)C3=C(C2)NC(C)=C(C(=O)OCCc2ccccc2)[C@@H]3c2ccc3c(c2)OCO3)cc1. The number of Topliss-reactive ketones (excluding diaryl/α,β-unsaturated/α-hetero) is 1. The van der Waals surface area contributed by atoms with Crippen molar-refractivity contribution in [2.45, 2.75) is 38.0 Å². The van der Waals surface area contributed by atoms with Crippen molar-refractivity contribution in [3.63, 3.8) is 0 Å². The third-order valence-electron chi connectivity index (χ3n) is 7.83. The summed E-state index contributed by atoms with van der Waals surface area (Å²) < 4.78 is 22.2. The number of hydrogen-bond donors (Lipinski definition) is 1. The number of esters is 1. The predicted molar refractivity (Wildman–Crippen MR) is 149 cm³/mol. The lowest BCUT2D eigenvalue weighted by molar-refractivity contribution is -0.139. The van der Waals surface area contributed by atoms with E-state index < -0.39 is 11.9 Å². The first-order valence-corrected chi connectivity index (χ1v) is 13.5. The van der Waals surface area contributed by atoms with Gasteiger partial charge in [0.1, 0.15) is 5.75 Å². The van der Waals surface area contributed by atoms with E-state index in [9.17, 15) is 9.59 Å². The van der Waals surface area contributed by atoms with Gasteiger partial charge in [-0.3, -0.25) is 4.79 Å². The van der Waals surface area contributed by atoms with Crippen molar-refractivity contribution in [1.29, 1.82) is 0 Å². The van der Waals surface area contributed by atoms with Gasteiger partial charge in [-0.05, 0) is 60.2 Å². The van der Waals surface area contributed by atoms with Crippen LogP contribution in [0.2, 0.25) is 0 Å². The quantitative estimate of drug-likeness (QED) is 0.395. The second kappa shape index (κ2) is 10.9. The summed E-state index contributed by atoms with van der Waals surface area (Å²) in [7, 11) is 1.64. The van der Waals surface area contributed by atoms with Crippen molar-refractivity contribution in [1.82, 2.24) is 5.32 Å². The number of carbonyl (C=O) groups excluding carboxylic acids is 2.